The summed E-state index contributed by atoms with van der Waals surface area (Å²) < 4.78 is 1.13. The van der Waals surface area contributed by atoms with Gasteiger partial charge in [0.2, 0.25) is 0 Å². The molecule has 3 aromatic rings. The average Bonchev–Trinajstić information content (AvgIpc) is 3.05. The fourth-order valence-corrected chi connectivity index (χ4v) is 4.03. The van der Waals surface area contributed by atoms with Gasteiger partial charge in [-0.15, -0.1) is 0 Å². The van der Waals surface area contributed by atoms with Gasteiger partial charge in [-0.25, -0.2) is 4.98 Å². The van der Waals surface area contributed by atoms with Crippen molar-refractivity contribution in [3.63, 3.8) is 0 Å². The topological polar surface area (TPSA) is 37.6 Å². The zero-order valence-corrected chi connectivity index (χ0v) is 17.8. The molecule has 0 aliphatic heterocycles. The van der Waals surface area contributed by atoms with E-state index in [1.165, 1.54) is 21.6 Å². The number of fused-ring (bicyclic) bond motifs is 1. The molecule has 0 aliphatic rings. The molecule has 142 valence electrons. The highest BCUT2D eigenvalue weighted by atomic mass is 32.1. The number of amides is 1. The van der Waals surface area contributed by atoms with Crippen LogP contribution in [0.3, 0.4) is 0 Å². The standard InChI is InChI=1S/C22H27N3OS/c1-14-7-9-18(13-16(14)3)21(26)25(12-11-24(5)6)22-23-20-17(4)15(2)8-10-19(20)27-22/h7-10,13H,11-12H2,1-6H3/p+1. The number of nitrogens with zero attached hydrogens (tertiary/aromatic N) is 2. The number of aryl methyl sites for hydroxylation is 4. The van der Waals surface area contributed by atoms with Crippen molar-refractivity contribution in [1.29, 1.82) is 0 Å². The van der Waals surface area contributed by atoms with Crippen molar-refractivity contribution in [2.24, 2.45) is 0 Å². The van der Waals surface area contributed by atoms with Crippen LogP contribution in [-0.2, 0) is 0 Å². The van der Waals surface area contributed by atoms with Crippen LogP contribution in [-0.4, -0.2) is 38.1 Å². The molecule has 0 unspecified atom stereocenters. The monoisotopic (exact) mass is 382 g/mol. The van der Waals surface area contributed by atoms with E-state index in [1.807, 2.05) is 30.0 Å². The lowest BCUT2D eigenvalue weighted by molar-refractivity contribution is -0.856. The fraction of sp³-hybridized carbons (Fsp3) is 0.364. The first kappa shape index (κ1) is 19.5. The summed E-state index contributed by atoms with van der Waals surface area (Å²) in [5.41, 5.74) is 6.47. The number of hydrogen-bond donors (Lipinski definition) is 1. The Balaban J connectivity index is 2.03. The summed E-state index contributed by atoms with van der Waals surface area (Å²) in [7, 11) is 4.20. The van der Waals surface area contributed by atoms with Gasteiger partial charge in [-0.1, -0.05) is 23.5 Å². The van der Waals surface area contributed by atoms with Crippen LogP contribution in [0.4, 0.5) is 5.13 Å². The molecule has 4 nitrogen and oxygen atoms in total. The number of carbonyl (C=O) groups excluding carboxylic acids is 1. The molecular weight excluding hydrogens is 354 g/mol. The number of hydrogen-bond acceptors (Lipinski definition) is 3. The lowest BCUT2D eigenvalue weighted by Gasteiger charge is -2.21. The number of carbonyl (C=O) groups is 1. The van der Waals surface area contributed by atoms with Gasteiger partial charge in [-0.2, -0.15) is 0 Å². The lowest BCUT2D eigenvalue weighted by atomic mass is 10.1. The van der Waals surface area contributed by atoms with E-state index < -0.39 is 0 Å². The minimum absolute atomic E-state index is 0.0211. The maximum Gasteiger partial charge on any atom is 0.260 e. The fourth-order valence-electron chi connectivity index (χ4n) is 2.98. The molecule has 0 fully saturated rings. The predicted octanol–water partition coefficient (Wildman–Crippen LogP) is 3.32. The number of benzene rings is 2. The van der Waals surface area contributed by atoms with Crippen LogP contribution in [0, 0.1) is 27.7 Å². The van der Waals surface area contributed by atoms with Gasteiger partial charge in [-0.3, -0.25) is 9.69 Å². The molecule has 0 aliphatic carbocycles. The van der Waals surface area contributed by atoms with E-state index in [1.54, 1.807) is 11.3 Å². The van der Waals surface area contributed by atoms with Crippen LogP contribution in [0.15, 0.2) is 30.3 Å². The Bertz CT molecular complexity index is 991. The Hall–Kier alpha value is -2.24. The molecule has 0 bridgehead atoms. The third-order valence-electron chi connectivity index (χ3n) is 5.14. The van der Waals surface area contributed by atoms with Crippen molar-refractivity contribution in [2.75, 3.05) is 32.1 Å². The average molecular weight is 383 g/mol. The summed E-state index contributed by atoms with van der Waals surface area (Å²) in [6, 6.07) is 10.1. The van der Waals surface area contributed by atoms with Crippen LogP contribution in [0.5, 0.6) is 0 Å². The summed E-state index contributed by atoms with van der Waals surface area (Å²) in [6.45, 7) is 9.82. The zero-order chi connectivity index (χ0) is 19.7. The minimum atomic E-state index is 0.0211. The van der Waals surface area contributed by atoms with Crippen molar-refractivity contribution in [3.8, 4) is 0 Å². The van der Waals surface area contributed by atoms with Crippen LogP contribution >= 0.6 is 11.3 Å². The van der Waals surface area contributed by atoms with Crippen molar-refractivity contribution >= 4 is 32.6 Å². The number of quaternary nitrogens is 1. The number of nitrogens with one attached hydrogen (secondary N) is 1. The van der Waals surface area contributed by atoms with Gasteiger partial charge >= 0.3 is 0 Å². The van der Waals surface area contributed by atoms with Gasteiger partial charge in [0.05, 0.1) is 37.4 Å². The summed E-state index contributed by atoms with van der Waals surface area (Å²) >= 11 is 1.59. The highest BCUT2D eigenvalue weighted by molar-refractivity contribution is 7.22. The van der Waals surface area contributed by atoms with Crippen LogP contribution in [0.2, 0.25) is 0 Å². The van der Waals surface area contributed by atoms with Gasteiger partial charge in [-0.05, 0) is 68.1 Å². The van der Waals surface area contributed by atoms with E-state index in [0.29, 0.717) is 6.54 Å². The Morgan fingerprint density at radius 2 is 1.74 bits per heavy atom. The van der Waals surface area contributed by atoms with Gasteiger partial charge in [0.15, 0.2) is 5.13 Å². The SMILES string of the molecule is Cc1ccc(C(=O)N(CC[NH+](C)C)c2nc3c(C)c(C)ccc3s2)cc1C. The second-order valence-electron chi connectivity index (χ2n) is 7.56. The normalized spacial score (nSPS) is 11.4. The Kier molecular flexibility index (Phi) is 5.63. The quantitative estimate of drug-likeness (QED) is 0.735. The summed E-state index contributed by atoms with van der Waals surface area (Å²) in [5, 5.41) is 0.781. The van der Waals surface area contributed by atoms with Crippen molar-refractivity contribution in [3.05, 3.63) is 58.1 Å². The van der Waals surface area contributed by atoms with Crippen molar-refractivity contribution in [2.45, 2.75) is 27.7 Å². The van der Waals surface area contributed by atoms with Crippen LogP contribution < -0.4 is 9.80 Å². The molecule has 1 N–H and O–H groups in total. The van der Waals surface area contributed by atoms with Crippen molar-refractivity contribution in [1.82, 2.24) is 4.98 Å². The lowest BCUT2D eigenvalue weighted by Crippen LogP contribution is -3.06. The molecule has 0 saturated heterocycles. The maximum atomic E-state index is 13.3. The van der Waals surface area contributed by atoms with E-state index >= 15 is 0 Å². The van der Waals surface area contributed by atoms with Gasteiger partial charge in [0, 0.05) is 5.56 Å². The molecule has 0 radical (unpaired) electrons. The highest BCUT2D eigenvalue weighted by Gasteiger charge is 2.23. The van der Waals surface area contributed by atoms with Crippen LogP contribution in [0.25, 0.3) is 10.2 Å². The molecular formula is C22H28N3OS+. The summed E-state index contributed by atoms with van der Waals surface area (Å²) in [6.07, 6.45) is 0. The van der Waals surface area contributed by atoms with Crippen molar-refractivity contribution < 1.29 is 9.69 Å². The first-order valence-electron chi connectivity index (χ1n) is 9.33. The first-order valence-corrected chi connectivity index (χ1v) is 10.1. The van der Waals surface area contributed by atoms with E-state index in [9.17, 15) is 4.79 Å². The molecule has 1 amide bonds. The van der Waals surface area contributed by atoms with E-state index in [-0.39, 0.29) is 5.91 Å². The summed E-state index contributed by atoms with van der Waals surface area (Å²) in [5.74, 6) is 0.0211. The molecule has 2 aromatic carbocycles. The van der Waals surface area contributed by atoms with E-state index in [4.69, 9.17) is 4.98 Å². The molecule has 0 spiro atoms. The molecule has 1 aromatic heterocycles. The van der Waals surface area contributed by atoms with Gasteiger partial charge < -0.3 is 4.90 Å². The zero-order valence-electron chi connectivity index (χ0n) is 17.0. The Morgan fingerprint density at radius 3 is 2.41 bits per heavy atom. The molecule has 5 heteroatoms. The molecule has 27 heavy (non-hydrogen) atoms. The Morgan fingerprint density at radius 1 is 1.04 bits per heavy atom. The number of rotatable bonds is 5. The number of anilines is 1. The second-order valence-corrected chi connectivity index (χ2v) is 8.57. The van der Waals surface area contributed by atoms with Gasteiger partial charge in [0.25, 0.3) is 5.91 Å². The molecule has 3 rings (SSSR count). The van der Waals surface area contributed by atoms with Gasteiger partial charge in [0.1, 0.15) is 0 Å². The minimum Gasteiger partial charge on any atom is -0.338 e. The number of likely N-dealkylation sites (N-methyl/N-ethyl adjacent to an activating group) is 1. The summed E-state index contributed by atoms with van der Waals surface area (Å²) in [4.78, 5) is 21.3. The third-order valence-corrected chi connectivity index (χ3v) is 6.18. The second kappa shape index (κ2) is 7.79. The number of aromatic nitrogens is 1. The van der Waals surface area contributed by atoms with Crippen LogP contribution in [0.1, 0.15) is 32.6 Å². The van der Waals surface area contributed by atoms with E-state index in [2.05, 4.69) is 47.0 Å². The number of thiazole rings is 1. The Labute approximate surface area is 165 Å². The predicted molar refractivity (Wildman–Crippen MR) is 114 cm³/mol. The molecule has 0 saturated carbocycles. The third kappa shape index (κ3) is 4.04. The molecule has 0 atom stereocenters. The first-order chi connectivity index (χ1) is 12.8. The smallest absolute Gasteiger partial charge is 0.260 e. The highest BCUT2D eigenvalue weighted by Crippen LogP contribution is 2.32. The maximum absolute atomic E-state index is 13.3. The van der Waals surface area contributed by atoms with E-state index in [0.717, 1.165) is 33.0 Å². The molecule has 1 heterocycles. The largest absolute Gasteiger partial charge is 0.338 e.